The van der Waals surface area contributed by atoms with E-state index in [2.05, 4.69) is 15.2 Å². The fraction of sp³-hybridized carbons (Fsp3) is 0.176. The molecule has 0 radical (unpaired) electrons. The summed E-state index contributed by atoms with van der Waals surface area (Å²) < 4.78 is 10.5. The fourth-order valence-corrected chi connectivity index (χ4v) is 2.51. The number of nitrogen functional groups attached to an aromatic ring is 1. The maximum absolute atomic E-state index is 6.10. The van der Waals surface area contributed by atoms with Crippen molar-refractivity contribution in [3.63, 3.8) is 0 Å². The second-order valence-electron chi connectivity index (χ2n) is 5.20. The summed E-state index contributed by atoms with van der Waals surface area (Å²) in [5.41, 5.74) is 8.04. The Morgan fingerprint density at radius 2 is 1.88 bits per heavy atom. The Bertz CT molecular complexity index is 846. The highest BCUT2D eigenvalue weighted by Gasteiger charge is 2.14. The number of nitrogens with zero attached hydrogens (tertiary/aromatic N) is 2. The number of anilines is 1. The van der Waals surface area contributed by atoms with Crippen molar-refractivity contribution < 1.29 is 9.47 Å². The molecule has 24 heavy (non-hydrogen) atoms. The summed E-state index contributed by atoms with van der Waals surface area (Å²) >= 11 is 6.10. The molecule has 0 amide bonds. The Labute approximate surface area is 144 Å². The summed E-state index contributed by atoms with van der Waals surface area (Å²) in [7, 11) is 3.21. The van der Waals surface area contributed by atoms with Crippen LogP contribution in [-0.2, 0) is 6.42 Å². The third-order valence-corrected chi connectivity index (χ3v) is 3.95. The Morgan fingerprint density at radius 1 is 1.12 bits per heavy atom. The molecular formula is C17H17ClN4O2. The molecule has 2 aromatic carbocycles. The van der Waals surface area contributed by atoms with Crippen LogP contribution in [0.1, 0.15) is 11.4 Å². The lowest BCUT2D eigenvalue weighted by atomic mass is 10.1. The van der Waals surface area contributed by atoms with Crippen LogP contribution in [0.3, 0.4) is 0 Å². The number of benzene rings is 2. The van der Waals surface area contributed by atoms with Gasteiger partial charge in [0, 0.05) is 12.5 Å². The molecule has 7 heteroatoms. The van der Waals surface area contributed by atoms with Crippen molar-refractivity contribution in [1.82, 2.24) is 15.2 Å². The first-order valence-electron chi connectivity index (χ1n) is 7.28. The average Bonchev–Trinajstić information content (AvgIpc) is 3.06. The lowest BCUT2D eigenvalue weighted by Gasteiger charge is -2.07. The fourth-order valence-electron chi connectivity index (χ4n) is 2.34. The molecule has 0 aliphatic rings. The smallest absolute Gasteiger partial charge is 0.184 e. The van der Waals surface area contributed by atoms with Gasteiger partial charge in [-0.05, 0) is 23.8 Å². The van der Waals surface area contributed by atoms with Crippen LogP contribution < -0.4 is 15.2 Å². The van der Waals surface area contributed by atoms with Crippen LogP contribution in [0.4, 0.5) is 5.69 Å². The standard InChI is InChI=1S/C17H17ClN4O2/c1-23-11-5-3-10(4-6-11)7-16-20-17(22-21-16)12-8-13(18)14(19)9-15(12)24-2/h3-6,8-9H,7,19H2,1-2H3,(H,20,21,22). The first-order chi connectivity index (χ1) is 11.6. The van der Waals surface area contributed by atoms with E-state index in [1.165, 1.54) is 0 Å². The zero-order valence-corrected chi connectivity index (χ0v) is 14.1. The number of nitrogens with two attached hydrogens (primary N) is 1. The van der Waals surface area contributed by atoms with E-state index >= 15 is 0 Å². The summed E-state index contributed by atoms with van der Waals surface area (Å²) in [5.74, 6) is 2.65. The highest BCUT2D eigenvalue weighted by atomic mass is 35.5. The number of aromatic nitrogens is 3. The second kappa shape index (κ2) is 6.80. The van der Waals surface area contributed by atoms with Gasteiger partial charge in [0.2, 0.25) is 0 Å². The van der Waals surface area contributed by atoms with Crippen LogP contribution in [0.5, 0.6) is 11.5 Å². The molecule has 124 valence electrons. The second-order valence-corrected chi connectivity index (χ2v) is 5.61. The Balaban J connectivity index is 1.86. The maximum atomic E-state index is 6.10. The van der Waals surface area contributed by atoms with Gasteiger partial charge in [-0.15, -0.1) is 0 Å². The van der Waals surface area contributed by atoms with Crippen LogP contribution in [-0.4, -0.2) is 29.4 Å². The van der Waals surface area contributed by atoms with Crippen molar-refractivity contribution >= 4 is 17.3 Å². The number of rotatable bonds is 5. The zero-order valence-electron chi connectivity index (χ0n) is 13.3. The molecule has 0 atom stereocenters. The molecule has 1 heterocycles. The number of nitrogens with one attached hydrogen (secondary N) is 1. The van der Waals surface area contributed by atoms with E-state index in [1.54, 1.807) is 26.4 Å². The third-order valence-electron chi connectivity index (χ3n) is 3.62. The minimum absolute atomic E-state index is 0.437. The van der Waals surface area contributed by atoms with Crippen molar-refractivity contribution in [3.05, 3.63) is 52.8 Å². The SMILES string of the molecule is COc1ccc(Cc2nc(-c3cc(Cl)c(N)cc3OC)n[nH]2)cc1. The molecule has 0 unspecified atom stereocenters. The highest BCUT2D eigenvalue weighted by Crippen LogP contribution is 2.34. The first-order valence-corrected chi connectivity index (χ1v) is 7.66. The summed E-state index contributed by atoms with van der Waals surface area (Å²) in [5, 5.41) is 7.64. The molecule has 0 aliphatic heterocycles. The molecule has 1 aromatic heterocycles. The Hall–Kier alpha value is -2.73. The number of methoxy groups -OCH3 is 2. The van der Waals surface area contributed by atoms with Gasteiger partial charge in [-0.1, -0.05) is 23.7 Å². The Morgan fingerprint density at radius 3 is 2.54 bits per heavy atom. The van der Waals surface area contributed by atoms with Crippen molar-refractivity contribution in [2.75, 3.05) is 20.0 Å². The number of hydrogen-bond acceptors (Lipinski definition) is 5. The van der Waals surface area contributed by atoms with Crippen LogP contribution in [0, 0.1) is 0 Å². The molecule has 0 spiro atoms. The molecule has 0 saturated heterocycles. The molecule has 0 bridgehead atoms. The maximum Gasteiger partial charge on any atom is 0.184 e. The Kier molecular flexibility index (Phi) is 4.57. The van der Waals surface area contributed by atoms with Crippen molar-refractivity contribution in [3.8, 4) is 22.9 Å². The van der Waals surface area contributed by atoms with E-state index in [0.717, 1.165) is 17.1 Å². The third kappa shape index (κ3) is 3.28. The van der Waals surface area contributed by atoms with Crippen molar-refractivity contribution in [2.45, 2.75) is 6.42 Å². The lowest BCUT2D eigenvalue weighted by molar-refractivity contribution is 0.414. The number of ether oxygens (including phenoxy) is 2. The molecule has 3 rings (SSSR count). The summed E-state index contributed by atoms with van der Waals surface area (Å²) in [4.78, 5) is 4.52. The number of halogens is 1. The van der Waals surface area contributed by atoms with Gasteiger partial charge in [-0.3, -0.25) is 5.10 Å². The van der Waals surface area contributed by atoms with Gasteiger partial charge in [-0.25, -0.2) is 4.98 Å². The monoisotopic (exact) mass is 344 g/mol. The predicted octanol–water partition coefficient (Wildman–Crippen LogP) is 3.32. The van der Waals surface area contributed by atoms with Crippen LogP contribution in [0.25, 0.3) is 11.4 Å². The van der Waals surface area contributed by atoms with E-state index in [1.807, 2.05) is 24.3 Å². The minimum atomic E-state index is 0.437. The molecule has 6 nitrogen and oxygen atoms in total. The van der Waals surface area contributed by atoms with Gasteiger partial charge < -0.3 is 15.2 Å². The highest BCUT2D eigenvalue weighted by molar-refractivity contribution is 6.33. The van der Waals surface area contributed by atoms with E-state index in [4.69, 9.17) is 26.8 Å². The summed E-state index contributed by atoms with van der Waals surface area (Å²) in [6.45, 7) is 0. The topological polar surface area (TPSA) is 86.1 Å². The van der Waals surface area contributed by atoms with Crippen molar-refractivity contribution in [1.29, 1.82) is 0 Å². The number of aromatic amines is 1. The van der Waals surface area contributed by atoms with Crippen molar-refractivity contribution in [2.24, 2.45) is 0 Å². The number of hydrogen-bond donors (Lipinski definition) is 2. The first kappa shape index (κ1) is 16.1. The van der Waals surface area contributed by atoms with Gasteiger partial charge in [0.1, 0.15) is 17.3 Å². The molecule has 3 aromatic rings. The molecule has 0 aliphatic carbocycles. The number of H-pyrrole nitrogens is 1. The van der Waals surface area contributed by atoms with Gasteiger partial charge >= 0.3 is 0 Å². The largest absolute Gasteiger partial charge is 0.497 e. The van der Waals surface area contributed by atoms with Gasteiger partial charge in [0.25, 0.3) is 0 Å². The van der Waals surface area contributed by atoms with Crippen LogP contribution in [0.15, 0.2) is 36.4 Å². The summed E-state index contributed by atoms with van der Waals surface area (Å²) in [6.07, 6.45) is 0.627. The zero-order chi connectivity index (χ0) is 17.1. The van der Waals surface area contributed by atoms with Gasteiger partial charge in [0.15, 0.2) is 5.82 Å². The normalized spacial score (nSPS) is 10.6. The van der Waals surface area contributed by atoms with E-state index < -0.39 is 0 Å². The lowest BCUT2D eigenvalue weighted by Crippen LogP contribution is -1.94. The van der Waals surface area contributed by atoms with Crippen LogP contribution in [0.2, 0.25) is 5.02 Å². The molecule has 0 fully saturated rings. The molecule has 3 N–H and O–H groups in total. The van der Waals surface area contributed by atoms with E-state index in [9.17, 15) is 0 Å². The van der Waals surface area contributed by atoms with Gasteiger partial charge in [-0.2, -0.15) is 5.10 Å². The predicted molar refractivity (Wildman–Crippen MR) is 93.6 cm³/mol. The molecular weight excluding hydrogens is 328 g/mol. The average molecular weight is 345 g/mol. The minimum Gasteiger partial charge on any atom is -0.497 e. The van der Waals surface area contributed by atoms with Gasteiger partial charge in [0.05, 0.1) is 30.5 Å². The van der Waals surface area contributed by atoms with Crippen LogP contribution >= 0.6 is 11.6 Å². The molecule has 0 saturated carbocycles. The summed E-state index contributed by atoms with van der Waals surface area (Å²) in [6, 6.07) is 11.2. The van der Waals surface area contributed by atoms with E-state index in [0.29, 0.717) is 34.3 Å². The van der Waals surface area contributed by atoms with E-state index in [-0.39, 0.29) is 0 Å². The quantitative estimate of drug-likeness (QED) is 0.693.